The van der Waals surface area contributed by atoms with Gasteiger partial charge in [0.15, 0.2) is 5.82 Å². The molecule has 1 aliphatic carbocycles. The smallest absolute Gasteiger partial charge is 0.158 e. The third-order valence-electron chi connectivity index (χ3n) is 2.82. The van der Waals surface area contributed by atoms with Crippen LogP contribution < -0.4 is 5.32 Å². The molecule has 0 saturated heterocycles. The molecule has 2 N–H and O–H groups in total. The highest BCUT2D eigenvalue weighted by molar-refractivity contribution is 5.87. The van der Waals surface area contributed by atoms with Gasteiger partial charge in [0.25, 0.3) is 0 Å². The van der Waals surface area contributed by atoms with Crippen LogP contribution in [-0.2, 0) is 11.3 Å². The molecule has 90 valence electrons. The van der Waals surface area contributed by atoms with Crippen molar-refractivity contribution in [2.75, 3.05) is 11.9 Å². The fourth-order valence-corrected chi connectivity index (χ4v) is 1.78. The van der Waals surface area contributed by atoms with Crippen LogP contribution in [0.2, 0.25) is 0 Å². The highest BCUT2D eigenvalue weighted by Crippen LogP contribution is 2.27. The highest BCUT2D eigenvalue weighted by Gasteiger charge is 2.22. The number of hydrogen-bond donors (Lipinski definition) is 2. The van der Waals surface area contributed by atoms with Crippen molar-refractivity contribution in [2.45, 2.75) is 32.4 Å². The van der Waals surface area contributed by atoms with Crippen LogP contribution in [0, 0.1) is 0 Å². The fourth-order valence-electron chi connectivity index (χ4n) is 1.78. The van der Waals surface area contributed by atoms with Crippen LogP contribution in [0.3, 0.4) is 0 Å². The highest BCUT2D eigenvalue weighted by atomic mass is 16.5. The summed E-state index contributed by atoms with van der Waals surface area (Å²) in [6.07, 6.45) is 4.36. The first-order chi connectivity index (χ1) is 8.36. The number of hydrogen-bond acceptors (Lipinski definition) is 4. The third-order valence-corrected chi connectivity index (χ3v) is 2.82. The van der Waals surface area contributed by atoms with E-state index in [0.29, 0.717) is 19.3 Å². The lowest BCUT2D eigenvalue weighted by molar-refractivity contribution is 0.128. The minimum atomic E-state index is 0.463. The van der Waals surface area contributed by atoms with Crippen LogP contribution >= 0.6 is 0 Å². The lowest BCUT2D eigenvalue weighted by atomic mass is 10.3. The van der Waals surface area contributed by atoms with Crippen LogP contribution in [0.4, 0.5) is 5.82 Å². The summed E-state index contributed by atoms with van der Waals surface area (Å²) < 4.78 is 5.35. The van der Waals surface area contributed by atoms with Gasteiger partial charge in [-0.15, -0.1) is 0 Å². The zero-order valence-corrected chi connectivity index (χ0v) is 9.86. The number of ether oxygens (including phenoxy) is 1. The van der Waals surface area contributed by atoms with E-state index in [1.807, 2.05) is 19.2 Å². The molecule has 2 aromatic rings. The van der Waals surface area contributed by atoms with Gasteiger partial charge in [0.1, 0.15) is 18.1 Å². The van der Waals surface area contributed by atoms with Crippen molar-refractivity contribution in [3.05, 3.63) is 18.1 Å². The average Bonchev–Trinajstić information content (AvgIpc) is 3.01. The number of anilines is 1. The Hall–Kier alpha value is -1.62. The summed E-state index contributed by atoms with van der Waals surface area (Å²) in [5, 5.41) is 4.49. The quantitative estimate of drug-likeness (QED) is 0.828. The molecule has 1 saturated carbocycles. The first-order valence-electron chi connectivity index (χ1n) is 6.05. The number of aromatic amines is 1. The first-order valence-corrected chi connectivity index (χ1v) is 6.05. The molecule has 0 amide bonds. The zero-order valence-electron chi connectivity index (χ0n) is 9.86. The summed E-state index contributed by atoms with van der Waals surface area (Å²) in [6.45, 7) is 3.11. The Morgan fingerprint density at radius 1 is 1.47 bits per heavy atom. The Labute approximate surface area is 99.6 Å². The van der Waals surface area contributed by atoms with Gasteiger partial charge in [0.2, 0.25) is 0 Å². The topological polar surface area (TPSA) is 62.8 Å². The molecule has 0 aromatic carbocycles. The molecule has 0 unspecified atom stereocenters. The normalized spacial score (nSPS) is 15.4. The van der Waals surface area contributed by atoms with Gasteiger partial charge >= 0.3 is 0 Å². The molecular formula is C12H16N4O. The summed E-state index contributed by atoms with van der Waals surface area (Å²) in [5.74, 6) is 1.65. The van der Waals surface area contributed by atoms with Crippen molar-refractivity contribution in [1.82, 2.24) is 15.0 Å². The predicted molar refractivity (Wildman–Crippen MR) is 65.9 cm³/mol. The molecule has 5 heteroatoms. The SMILES string of the molecule is CCOCc1nc(NC2CC2)c2cc[nH]c2n1. The third kappa shape index (κ3) is 2.24. The van der Waals surface area contributed by atoms with Gasteiger partial charge < -0.3 is 15.0 Å². The number of rotatable bonds is 5. The largest absolute Gasteiger partial charge is 0.374 e. The molecule has 17 heavy (non-hydrogen) atoms. The molecule has 0 radical (unpaired) electrons. The van der Waals surface area contributed by atoms with Crippen molar-refractivity contribution in [3.8, 4) is 0 Å². The standard InChI is InChI=1S/C12H16N4O/c1-2-17-7-10-15-11-9(5-6-13-11)12(16-10)14-8-3-4-8/h5-6,8H,2-4,7H2,1H3,(H2,13,14,15,16). The van der Waals surface area contributed by atoms with E-state index in [4.69, 9.17) is 4.74 Å². The fraction of sp³-hybridized carbons (Fsp3) is 0.500. The van der Waals surface area contributed by atoms with Gasteiger partial charge in [-0.3, -0.25) is 0 Å². The maximum absolute atomic E-state index is 5.35. The molecular weight excluding hydrogens is 216 g/mol. The van der Waals surface area contributed by atoms with E-state index >= 15 is 0 Å². The lowest BCUT2D eigenvalue weighted by Gasteiger charge is -2.07. The van der Waals surface area contributed by atoms with Gasteiger partial charge in [-0.2, -0.15) is 0 Å². The van der Waals surface area contributed by atoms with Gasteiger partial charge in [-0.25, -0.2) is 9.97 Å². The zero-order chi connectivity index (χ0) is 11.7. The molecule has 1 aliphatic rings. The van der Waals surface area contributed by atoms with E-state index in [1.54, 1.807) is 0 Å². The van der Waals surface area contributed by atoms with E-state index in [9.17, 15) is 0 Å². The number of nitrogens with zero attached hydrogens (tertiary/aromatic N) is 2. The van der Waals surface area contributed by atoms with Gasteiger partial charge in [-0.1, -0.05) is 0 Å². The molecule has 0 aliphatic heterocycles. The van der Waals surface area contributed by atoms with Crippen LogP contribution in [-0.4, -0.2) is 27.6 Å². The van der Waals surface area contributed by atoms with Gasteiger partial charge in [-0.05, 0) is 25.8 Å². The average molecular weight is 232 g/mol. The first kappa shape index (κ1) is 10.5. The summed E-state index contributed by atoms with van der Waals surface area (Å²) in [5.41, 5.74) is 0.873. The molecule has 0 spiro atoms. The molecule has 1 fully saturated rings. The minimum absolute atomic E-state index is 0.463. The molecule has 0 bridgehead atoms. The second-order valence-electron chi connectivity index (χ2n) is 4.28. The number of H-pyrrole nitrogens is 1. The Balaban J connectivity index is 1.94. The minimum Gasteiger partial charge on any atom is -0.374 e. The Morgan fingerprint density at radius 2 is 2.35 bits per heavy atom. The van der Waals surface area contributed by atoms with Crippen LogP contribution in [0.1, 0.15) is 25.6 Å². The van der Waals surface area contributed by atoms with E-state index in [-0.39, 0.29) is 0 Å². The van der Waals surface area contributed by atoms with Crippen molar-refractivity contribution >= 4 is 16.9 Å². The van der Waals surface area contributed by atoms with Gasteiger partial charge in [0, 0.05) is 18.8 Å². The van der Waals surface area contributed by atoms with E-state index in [2.05, 4.69) is 20.3 Å². The lowest BCUT2D eigenvalue weighted by Crippen LogP contribution is -2.07. The van der Waals surface area contributed by atoms with E-state index in [1.165, 1.54) is 12.8 Å². The second kappa shape index (κ2) is 4.33. The van der Waals surface area contributed by atoms with Crippen LogP contribution in [0.15, 0.2) is 12.3 Å². The van der Waals surface area contributed by atoms with Crippen LogP contribution in [0.25, 0.3) is 11.0 Å². The number of aromatic nitrogens is 3. The van der Waals surface area contributed by atoms with Crippen LogP contribution in [0.5, 0.6) is 0 Å². The summed E-state index contributed by atoms with van der Waals surface area (Å²) in [7, 11) is 0. The van der Waals surface area contributed by atoms with Crippen molar-refractivity contribution in [3.63, 3.8) is 0 Å². The molecule has 5 nitrogen and oxygen atoms in total. The van der Waals surface area contributed by atoms with E-state index in [0.717, 1.165) is 22.7 Å². The predicted octanol–water partition coefficient (Wildman–Crippen LogP) is 2.07. The monoisotopic (exact) mass is 232 g/mol. The molecule has 2 aromatic heterocycles. The van der Waals surface area contributed by atoms with Crippen molar-refractivity contribution < 1.29 is 4.74 Å². The number of fused-ring (bicyclic) bond motifs is 1. The van der Waals surface area contributed by atoms with E-state index < -0.39 is 0 Å². The molecule has 0 atom stereocenters. The van der Waals surface area contributed by atoms with Crippen molar-refractivity contribution in [1.29, 1.82) is 0 Å². The second-order valence-corrected chi connectivity index (χ2v) is 4.28. The maximum atomic E-state index is 5.35. The van der Waals surface area contributed by atoms with Gasteiger partial charge in [0.05, 0.1) is 5.39 Å². The Morgan fingerprint density at radius 3 is 3.12 bits per heavy atom. The van der Waals surface area contributed by atoms with Crippen molar-refractivity contribution in [2.24, 2.45) is 0 Å². The molecule has 2 heterocycles. The molecule has 3 rings (SSSR count). The Kier molecular flexibility index (Phi) is 2.68. The Bertz CT molecular complexity index is 518. The summed E-state index contributed by atoms with van der Waals surface area (Å²) >= 11 is 0. The maximum Gasteiger partial charge on any atom is 0.158 e. The number of nitrogens with one attached hydrogen (secondary N) is 2. The summed E-state index contributed by atoms with van der Waals surface area (Å²) in [6, 6.07) is 2.59. The summed E-state index contributed by atoms with van der Waals surface area (Å²) in [4.78, 5) is 12.1.